The Balaban J connectivity index is 1.33. The fraction of sp³-hybridized carbons (Fsp3) is 0.148. The predicted octanol–water partition coefficient (Wildman–Crippen LogP) is 5.46. The highest BCUT2D eigenvalue weighted by Crippen LogP contribution is 2.34. The Morgan fingerprint density at radius 1 is 1.03 bits per heavy atom. The molecule has 1 saturated heterocycles. The highest BCUT2D eigenvalue weighted by Gasteiger charge is 2.31. The number of thioether (sulfide) groups is 1. The topological polar surface area (TPSA) is 54.3 Å². The zero-order chi connectivity index (χ0) is 24.2. The lowest BCUT2D eigenvalue weighted by molar-refractivity contribution is -0.122. The number of hydrogen-bond acceptors (Lipinski definition) is 5. The van der Waals surface area contributed by atoms with E-state index in [0.29, 0.717) is 22.3 Å². The molecule has 2 amide bonds. The number of para-hydroxylation sites is 1. The molecule has 2 aromatic heterocycles. The molecule has 35 heavy (non-hydrogen) atoms. The summed E-state index contributed by atoms with van der Waals surface area (Å²) in [6.07, 6.45) is 4.58. The average molecular weight is 518 g/mol. The Bertz CT molecular complexity index is 1410. The molecule has 1 aliphatic heterocycles. The number of thiophene rings is 1. The van der Waals surface area contributed by atoms with Gasteiger partial charge < -0.3 is 9.88 Å². The molecule has 1 aliphatic rings. The van der Waals surface area contributed by atoms with Crippen LogP contribution in [0.15, 0.2) is 83.2 Å². The van der Waals surface area contributed by atoms with Gasteiger partial charge in [0.15, 0.2) is 0 Å². The van der Waals surface area contributed by atoms with Gasteiger partial charge in [0.25, 0.3) is 5.91 Å². The first-order chi connectivity index (χ1) is 17.1. The summed E-state index contributed by atoms with van der Waals surface area (Å²) in [4.78, 5) is 29.1. The van der Waals surface area contributed by atoms with Gasteiger partial charge in [0, 0.05) is 34.1 Å². The molecule has 0 spiro atoms. The monoisotopic (exact) mass is 517 g/mol. The van der Waals surface area contributed by atoms with Gasteiger partial charge in [-0.2, -0.15) is 0 Å². The van der Waals surface area contributed by atoms with E-state index in [1.165, 1.54) is 17.3 Å². The predicted molar refractivity (Wildman–Crippen MR) is 148 cm³/mol. The van der Waals surface area contributed by atoms with Crippen molar-refractivity contribution in [3.8, 4) is 0 Å². The van der Waals surface area contributed by atoms with Gasteiger partial charge in [0.2, 0.25) is 5.91 Å². The van der Waals surface area contributed by atoms with Crippen molar-refractivity contribution >= 4 is 68.4 Å². The molecule has 1 N–H and O–H groups in total. The van der Waals surface area contributed by atoms with E-state index in [0.717, 1.165) is 27.8 Å². The van der Waals surface area contributed by atoms with Gasteiger partial charge in [0.05, 0.1) is 11.4 Å². The fourth-order valence-corrected chi connectivity index (χ4v) is 5.99. The molecule has 5 nitrogen and oxygen atoms in total. The van der Waals surface area contributed by atoms with Crippen molar-refractivity contribution in [3.63, 3.8) is 0 Å². The van der Waals surface area contributed by atoms with Crippen molar-refractivity contribution < 1.29 is 9.59 Å². The molecule has 0 bridgehead atoms. The first kappa shape index (κ1) is 23.5. The largest absolute Gasteiger partial charge is 0.350 e. The molecule has 0 unspecified atom stereocenters. The van der Waals surface area contributed by atoms with Gasteiger partial charge in [-0.1, -0.05) is 78.6 Å². The van der Waals surface area contributed by atoms with Crippen LogP contribution >= 0.6 is 35.3 Å². The maximum Gasteiger partial charge on any atom is 0.266 e. The van der Waals surface area contributed by atoms with Gasteiger partial charge in [0.1, 0.15) is 10.9 Å². The summed E-state index contributed by atoms with van der Waals surface area (Å²) in [6, 6.07) is 22.0. The molecule has 0 saturated carbocycles. The summed E-state index contributed by atoms with van der Waals surface area (Å²) in [5.41, 5.74) is 3.02. The number of thiocarbonyl (C=S) groups is 1. The molecular formula is C27H23N3O2S3. The fourth-order valence-electron chi connectivity index (χ4n) is 4.05. The zero-order valence-electron chi connectivity index (χ0n) is 18.8. The molecule has 176 valence electrons. The van der Waals surface area contributed by atoms with E-state index in [-0.39, 0.29) is 18.4 Å². The highest BCUT2D eigenvalue weighted by molar-refractivity contribution is 8.26. The number of benzene rings is 2. The van der Waals surface area contributed by atoms with Crippen LogP contribution in [0.5, 0.6) is 0 Å². The van der Waals surface area contributed by atoms with Gasteiger partial charge in [-0.15, -0.1) is 11.3 Å². The Kier molecular flexibility index (Phi) is 7.13. The minimum Gasteiger partial charge on any atom is -0.350 e. The van der Waals surface area contributed by atoms with Crippen molar-refractivity contribution in [1.82, 2.24) is 14.8 Å². The van der Waals surface area contributed by atoms with Crippen LogP contribution in [0.1, 0.15) is 16.0 Å². The van der Waals surface area contributed by atoms with Crippen molar-refractivity contribution in [2.45, 2.75) is 19.5 Å². The molecule has 0 radical (unpaired) electrons. The third-order valence-corrected chi connectivity index (χ3v) is 8.05. The quantitative estimate of drug-likeness (QED) is 0.249. The molecule has 5 rings (SSSR count). The number of carbonyl (C=O) groups is 2. The van der Waals surface area contributed by atoms with Crippen molar-refractivity contribution in [3.05, 3.63) is 99.2 Å². The summed E-state index contributed by atoms with van der Waals surface area (Å²) in [5.74, 6) is -0.126. The molecular weight excluding hydrogens is 495 g/mol. The highest BCUT2D eigenvalue weighted by atomic mass is 32.2. The van der Waals surface area contributed by atoms with E-state index in [1.54, 1.807) is 16.2 Å². The van der Waals surface area contributed by atoms with Crippen LogP contribution in [0.2, 0.25) is 0 Å². The number of carbonyl (C=O) groups excluding carboxylic acids is 2. The number of nitrogens with one attached hydrogen (secondary N) is 1. The van der Waals surface area contributed by atoms with E-state index in [2.05, 4.69) is 17.4 Å². The number of nitrogens with zero attached hydrogens (tertiary/aromatic N) is 2. The smallest absolute Gasteiger partial charge is 0.266 e. The minimum atomic E-state index is -0.0681. The van der Waals surface area contributed by atoms with E-state index in [4.69, 9.17) is 12.2 Å². The lowest BCUT2D eigenvalue weighted by Gasteiger charge is -2.14. The van der Waals surface area contributed by atoms with E-state index < -0.39 is 0 Å². The van der Waals surface area contributed by atoms with E-state index in [1.807, 2.05) is 76.8 Å². The van der Waals surface area contributed by atoms with Crippen LogP contribution in [-0.4, -0.2) is 32.1 Å². The lowest BCUT2D eigenvalue weighted by atomic mass is 10.1. The third kappa shape index (κ3) is 5.40. The Labute approximate surface area is 217 Å². The number of amides is 2. The average Bonchev–Trinajstić information content (AvgIpc) is 3.57. The SMILES string of the molecule is O=C(Cn1cc(/C=C2\SC(=S)N(CCc3ccccc3)C2=O)c2ccccc21)NCc1cccs1. The second kappa shape index (κ2) is 10.6. The number of hydrogen-bond donors (Lipinski definition) is 1. The van der Waals surface area contributed by atoms with Crippen LogP contribution in [-0.2, 0) is 29.1 Å². The van der Waals surface area contributed by atoms with Crippen LogP contribution in [0, 0.1) is 0 Å². The van der Waals surface area contributed by atoms with Crippen LogP contribution in [0.25, 0.3) is 17.0 Å². The van der Waals surface area contributed by atoms with Crippen LogP contribution < -0.4 is 5.32 Å². The summed E-state index contributed by atoms with van der Waals surface area (Å²) in [6.45, 7) is 1.28. The zero-order valence-corrected chi connectivity index (χ0v) is 21.3. The maximum atomic E-state index is 13.1. The molecule has 2 aromatic carbocycles. The van der Waals surface area contributed by atoms with Crippen molar-refractivity contribution in [2.24, 2.45) is 0 Å². The standard InChI is InChI=1S/C27H23N3O2S3/c31-25(28-16-21-9-6-14-34-21)18-29-17-20(22-10-4-5-11-23(22)29)15-24-26(32)30(27(33)35-24)13-12-19-7-2-1-3-8-19/h1-11,14-15,17H,12-13,16,18H2,(H,28,31)/b24-15-. The summed E-state index contributed by atoms with van der Waals surface area (Å²) in [5, 5.41) is 5.97. The van der Waals surface area contributed by atoms with E-state index in [9.17, 15) is 9.59 Å². The lowest BCUT2D eigenvalue weighted by Crippen LogP contribution is -2.30. The molecule has 0 atom stereocenters. The normalized spacial score (nSPS) is 14.9. The van der Waals surface area contributed by atoms with Crippen LogP contribution in [0.4, 0.5) is 0 Å². The van der Waals surface area contributed by atoms with Crippen LogP contribution in [0.3, 0.4) is 0 Å². The maximum absolute atomic E-state index is 13.1. The number of rotatable bonds is 8. The Hall–Kier alpha value is -3.20. The van der Waals surface area contributed by atoms with Gasteiger partial charge in [-0.3, -0.25) is 14.5 Å². The molecule has 4 aromatic rings. The van der Waals surface area contributed by atoms with Gasteiger partial charge in [-0.05, 0) is 35.6 Å². The van der Waals surface area contributed by atoms with Gasteiger partial charge in [-0.25, -0.2) is 0 Å². The summed E-state index contributed by atoms with van der Waals surface area (Å²) < 4.78 is 2.51. The minimum absolute atomic E-state index is 0.0575. The van der Waals surface area contributed by atoms with Crippen molar-refractivity contribution in [2.75, 3.05) is 6.54 Å². The van der Waals surface area contributed by atoms with Gasteiger partial charge >= 0.3 is 0 Å². The number of aromatic nitrogens is 1. The first-order valence-corrected chi connectivity index (χ1v) is 13.3. The molecule has 3 heterocycles. The molecule has 8 heteroatoms. The van der Waals surface area contributed by atoms with Crippen molar-refractivity contribution in [1.29, 1.82) is 0 Å². The molecule has 0 aliphatic carbocycles. The van der Waals surface area contributed by atoms with E-state index >= 15 is 0 Å². The Morgan fingerprint density at radius 3 is 2.63 bits per heavy atom. The second-order valence-electron chi connectivity index (χ2n) is 8.15. The first-order valence-electron chi connectivity index (χ1n) is 11.2. The number of fused-ring (bicyclic) bond motifs is 1. The summed E-state index contributed by atoms with van der Waals surface area (Å²) >= 11 is 8.47. The third-order valence-electron chi connectivity index (χ3n) is 5.80. The summed E-state index contributed by atoms with van der Waals surface area (Å²) in [7, 11) is 0. The Morgan fingerprint density at radius 2 is 1.83 bits per heavy atom. The second-order valence-corrected chi connectivity index (χ2v) is 10.9. The molecule has 1 fully saturated rings.